The molecule has 1 heterocycles. The molecule has 30 heavy (non-hydrogen) atoms. The van der Waals surface area contributed by atoms with Gasteiger partial charge in [-0.3, -0.25) is 0 Å². The summed E-state index contributed by atoms with van der Waals surface area (Å²) in [5, 5.41) is 0.940. The molecule has 3 heteroatoms. The van der Waals surface area contributed by atoms with Crippen LogP contribution in [0.15, 0.2) is 47.3 Å². The number of nitrogens with zero attached hydrogens (tertiary/aromatic N) is 1. The van der Waals surface area contributed by atoms with Crippen LogP contribution in [-0.4, -0.2) is 18.3 Å². The van der Waals surface area contributed by atoms with E-state index in [-0.39, 0.29) is 31.1 Å². The molecule has 5 rings (SSSR count). The fourth-order valence-corrected chi connectivity index (χ4v) is 9.10. The van der Waals surface area contributed by atoms with Crippen LogP contribution in [0.5, 0.6) is 0 Å². The van der Waals surface area contributed by atoms with Crippen molar-refractivity contribution in [3.63, 3.8) is 0 Å². The Bertz CT molecular complexity index is 1160. The van der Waals surface area contributed by atoms with E-state index in [4.69, 9.17) is 0 Å². The zero-order valence-corrected chi connectivity index (χ0v) is 20.4. The number of rotatable bonds is 3. The van der Waals surface area contributed by atoms with E-state index in [1.165, 1.54) is 41.9 Å². The third kappa shape index (κ3) is 3.09. The number of fused-ring (bicyclic) bond motifs is 4. The molecule has 0 spiro atoms. The molecule has 158 valence electrons. The predicted molar refractivity (Wildman–Crippen MR) is 127 cm³/mol. The van der Waals surface area contributed by atoms with Gasteiger partial charge in [0, 0.05) is 0 Å². The Hall–Kier alpha value is -1.57. The summed E-state index contributed by atoms with van der Waals surface area (Å²) in [5.74, 6) is 1.23. The summed E-state index contributed by atoms with van der Waals surface area (Å²) in [6, 6.07) is 15.5. The van der Waals surface area contributed by atoms with Crippen LogP contribution in [0.25, 0.3) is 9.65 Å². The molecule has 2 aliphatic carbocycles. The third-order valence-electron chi connectivity index (χ3n) is 8.23. The Morgan fingerprint density at radius 3 is 2.70 bits per heavy atom. The Kier molecular flexibility index (Phi) is 4.91. The molecule has 0 unspecified atom stereocenters. The first-order chi connectivity index (χ1) is 14.3. The van der Waals surface area contributed by atoms with E-state index in [1.807, 2.05) is 12.1 Å². The van der Waals surface area contributed by atoms with E-state index >= 15 is 0 Å². The van der Waals surface area contributed by atoms with Gasteiger partial charge in [0.25, 0.3) is 0 Å². The molecule has 0 amide bonds. The summed E-state index contributed by atoms with van der Waals surface area (Å²) in [6.07, 6.45) is 6.22. The van der Waals surface area contributed by atoms with Crippen molar-refractivity contribution >= 4 is 24.4 Å². The van der Waals surface area contributed by atoms with Crippen LogP contribution in [0, 0.1) is 11.3 Å². The van der Waals surface area contributed by atoms with E-state index in [0.717, 1.165) is 11.9 Å². The molecule has 0 bridgehead atoms. The first kappa shape index (κ1) is 20.3. The first-order valence-corrected chi connectivity index (χ1v) is 13.2. The van der Waals surface area contributed by atoms with Crippen LogP contribution in [0.2, 0.25) is 0 Å². The van der Waals surface area contributed by atoms with Gasteiger partial charge < -0.3 is 0 Å². The van der Waals surface area contributed by atoms with Crippen molar-refractivity contribution in [2.24, 2.45) is 11.3 Å². The molecular weight excluding hydrogens is 433 g/mol. The van der Waals surface area contributed by atoms with Crippen LogP contribution in [0.4, 0.5) is 0 Å². The Balaban J connectivity index is 1.53. The summed E-state index contributed by atoms with van der Waals surface area (Å²) < 4.78 is 3.45. The molecule has 1 aromatic heterocycles. The molecule has 2 nitrogen and oxygen atoms in total. The predicted octanol–water partition coefficient (Wildman–Crippen LogP) is 5.89. The quantitative estimate of drug-likeness (QED) is 0.441. The zero-order valence-electron chi connectivity index (χ0n) is 18.7. The molecule has 1 saturated carbocycles. The minimum absolute atomic E-state index is 0.128. The molecule has 2 aromatic carbocycles. The average Bonchev–Trinajstić information content (AvgIpc) is 3.02. The van der Waals surface area contributed by atoms with E-state index in [0.29, 0.717) is 11.8 Å². The van der Waals surface area contributed by atoms with Crippen molar-refractivity contribution in [3.05, 3.63) is 69.5 Å². The van der Waals surface area contributed by atoms with Crippen molar-refractivity contribution in [2.75, 3.05) is 0 Å². The van der Waals surface area contributed by atoms with Crippen molar-refractivity contribution < 1.29 is 0 Å². The molecular formula is C27H33NOSe. The summed E-state index contributed by atoms with van der Waals surface area (Å²) in [4.78, 5) is 13.1. The van der Waals surface area contributed by atoms with Gasteiger partial charge >= 0.3 is 186 Å². The van der Waals surface area contributed by atoms with Crippen molar-refractivity contribution in [2.45, 2.75) is 77.7 Å². The summed E-state index contributed by atoms with van der Waals surface area (Å²) in [6.45, 7) is 10.5. The molecule has 2 aliphatic rings. The van der Waals surface area contributed by atoms with Gasteiger partial charge in [0.05, 0.1) is 0 Å². The number of hydrogen-bond donors (Lipinski definition) is 0. The van der Waals surface area contributed by atoms with E-state index < -0.39 is 0 Å². The molecule has 1 fully saturated rings. The molecule has 0 radical (unpaired) electrons. The van der Waals surface area contributed by atoms with Gasteiger partial charge in [0.1, 0.15) is 0 Å². The fraction of sp³-hybridized carbons (Fsp3) is 0.519. The Labute approximate surface area is 186 Å². The van der Waals surface area contributed by atoms with Gasteiger partial charge in [-0.15, -0.1) is 0 Å². The van der Waals surface area contributed by atoms with Crippen molar-refractivity contribution in [1.82, 2.24) is 3.56 Å². The topological polar surface area (TPSA) is 22.0 Å². The molecule has 0 aliphatic heterocycles. The van der Waals surface area contributed by atoms with Crippen LogP contribution in [0.3, 0.4) is 0 Å². The van der Waals surface area contributed by atoms with Crippen LogP contribution in [0.1, 0.15) is 76.0 Å². The minimum atomic E-state index is 0.128. The van der Waals surface area contributed by atoms with Crippen LogP contribution >= 0.6 is 0 Å². The van der Waals surface area contributed by atoms with Crippen molar-refractivity contribution in [3.8, 4) is 0 Å². The van der Waals surface area contributed by atoms with Gasteiger partial charge in [-0.05, 0) is 0 Å². The van der Waals surface area contributed by atoms with E-state index in [9.17, 15) is 4.79 Å². The molecule has 0 saturated heterocycles. The second-order valence-corrected chi connectivity index (χ2v) is 12.7. The monoisotopic (exact) mass is 467 g/mol. The summed E-state index contributed by atoms with van der Waals surface area (Å²) >= 11 is 0.128. The van der Waals surface area contributed by atoms with E-state index in [2.05, 4.69) is 61.6 Å². The Morgan fingerprint density at radius 1 is 1.13 bits per heavy atom. The fourth-order valence-electron chi connectivity index (χ4n) is 6.64. The molecule has 0 N–H and O–H groups in total. The summed E-state index contributed by atoms with van der Waals surface area (Å²) in [5.41, 5.74) is 5.34. The first-order valence-electron chi connectivity index (χ1n) is 11.5. The maximum absolute atomic E-state index is 13.1. The van der Waals surface area contributed by atoms with Gasteiger partial charge in [-0.1, -0.05) is 0 Å². The zero-order chi connectivity index (χ0) is 21.1. The molecule has 3 atom stereocenters. The van der Waals surface area contributed by atoms with Crippen LogP contribution in [-0.2, 0) is 18.4 Å². The van der Waals surface area contributed by atoms with Crippen molar-refractivity contribution in [1.29, 1.82) is 0 Å². The normalized spacial score (nSPS) is 28.5. The summed E-state index contributed by atoms with van der Waals surface area (Å²) in [7, 11) is 0. The third-order valence-corrected chi connectivity index (χ3v) is 10.5. The van der Waals surface area contributed by atoms with E-state index in [1.54, 1.807) is 11.1 Å². The van der Waals surface area contributed by atoms with Gasteiger partial charge in [-0.25, -0.2) is 0 Å². The van der Waals surface area contributed by atoms with Gasteiger partial charge in [-0.2, -0.15) is 0 Å². The van der Waals surface area contributed by atoms with Gasteiger partial charge in [0.15, 0.2) is 0 Å². The number of hydrogen-bond acceptors (Lipinski definition) is 1. The SMILES string of the molecule is CC(C)c1ccc2c(c1)CC[C@@H]1[C@](C)(Cn3[se]c4ccccc4c3=O)CCC[C@@]21C. The second kappa shape index (κ2) is 7.24. The number of aryl methyl sites for hydroxylation is 1. The molecule has 3 aromatic rings. The standard InChI is InChI=1S/C27H33NOSe/c1-18(2)19-10-12-22-20(16-19)11-13-24-26(3,14-7-15-27(22,24)4)17-28-25(29)21-8-5-6-9-23(21)30-28/h5-6,8-10,12,16,18,24H,7,11,13-15,17H2,1-4H3/t24-,26+,27+/m1/s1. The number of aromatic nitrogens is 1. The number of benzene rings is 2. The second-order valence-electron chi connectivity index (χ2n) is 10.5. The van der Waals surface area contributed by atoms with Crippen LogP contribution < -0.4 is 5.56 Å². The maximum atomic E-state index is 13.1. The Morgan fingerprint density at radius 2 is 1.93 bits per heavy atom. The average molecular weight is 467 g/mol. The van der Waals surface area contributed by atoms with Gasteiger partial charge in [0.2, 0.25) is 0 Å².